The van der Waals surface area contributed by atoms with Gasteiger partial charge >= 0.3 is 29.9 Å². The van der Waals surface area contributed by atoms with Gasteiger partial charge in [-0.2, -0.15) is 0 Å². The molecule has 5 N–H and O–H groups in total. The van der Waals surface area contributed by atoms with E-state index in [0.29, 0.717) is 18.4 Å². The van der Waals surface area contributed by atoms with Crippen molar-refractivity contribution in [1.29, 1.82) is 0 Å². The lowest BCUT2D eigenvalue weighted by Gasteiger charge is -2.23. The van der Waals surface area contributed by atoms with Crippen molar-refractivity contribution in [3.05, 3.63) is 77.4 Å². The van der Waals surface area contributed by atoms with E-state index in [2.05, 4.69) is 15.4 Å². The highest BCUT2D eigenvalue weighted by Crippen LogP contribution is 2.34. The number of hydrogen-bond acceptors (Lipinski definition) is 11. The Morgan fingerprint density at radius 3 is 2.18 bits per heavy atom. The first-order valence-electron chi connectivity index (χ1n) is 14.6. The molecule has 260 valence electrons. The molecule has 0 unspecified atom stereocenters. The van der Waals surface area contributed by atoms with E-state index in [-0.39, 0.29) is 59.3 Å². The van der Waals surface area contributed by atoms with Crippen LogP contribution >= 0.6 is 0 Å². The minimum absolute atomic E-state index is 0.0292. The summed E-state index contributed by atoms with van der Waals surface area (Å²) in [6.45, 7) is 0.296. The third kappa shape index (κ3) is 9.84. The number of nitrogens with zero attached hydrogens (tertiary/aromatic N) is 1. The van der Waals surface area contributed by atoms with Crippen molar-refractivity contribution < 1.29 is 63.0 Å². The van der Waals surface area contributed by atoms with Crippen molar-refractivity contribution >= 4 is 47.2 Å². The van der Waals surface area contributed by atoms with Crippen LogP contribution in [0.1, 0.15) is 39.1 Å². The number of phenolic OH excluding ortho intramolecular Hbond substituents is 1. The lowest BCUT2D eigenvalue weighted by molar-refractivity contribution is -0.148. The number of rotatable bonds is 15. The summed E-state index contributed by atoms with van der Waals surface area (Å²) in [6.07, 6.45) is -0.0401. The van der Waals surface area contributed by atoms with E-state index >= 15 is 0 Å². The van der Waals surface area contributed by atoms with Gasteiger partial charge in [-0.05, 0) is 42.7 Å². The van der Waals surface area contributed by atoms with Crippen LogP contribution in [-0.4, -0.2) is 91.7 Å². The Hall–Kier alpha value is -6.32. The molecule has 16 nitrogen and oxygen atoms in total. The number of unbranched alkanes of at least 4 members (excludes halogenated alkanes) is 1. The zero-order valence-corrected chi connectivity index (χ0v) is 26.8. The van der Waals surface area contributed by atoms with Crippen molar-refractivity contribution in [3.8, 4) is 17.2 Å². The maximum absolute atomic E-state index is 13.1. The van der Waals surface area contributed by atoms with Crippen LogP contribution < -0.4 is 25.0 Å². The number of aromatic hydroxyl groups is 1. The van der Waals surface area contributed by atoms with Crippen LogP contribution in [0.4, 0.5) is 16.2 Å². The first kappa shape index (κ1) is 37.1. The number of para-hydroxylation sites is 1. The largest absolute Gasteiger partial charge is 0.507 e. The molecule has 0 saturated heterocycles. The third-order valence-electron chi connectivity index (χ3n) is 7.00. The highest BCUT2D eigenvalue weighted by Gasteiger charge is 2.28. The molecule has 0 aliphatic heterocycles. The number of alkyl carbamates (subject to hydrolysis) is 1. The topological polar surface area (TPSA) is 227 Å². The van der Waals surface area contributed by atoms with Crippen LogP contribution in [0.15, 0.2) is 60.7 Å². The van der Waals surface area contributed by atoms with Crippen LogP contribution in [0.2, 0.25) is 0 Å². The lowest BCUT2D eigenvalue weighted by Crippen LogP contribution is -2.48. The van der Waals surface area contributed by atoms with E-state index in [9.17, 15) is 44.1 Å². The number of benzene rings is 3. The highest BCUT2D eigenvalue weighted by molar-refractivity contribution is 6.39. The molecule has 0 aliphatic carbocycles. The van der Waals surface area contributed by atoms with Gasteiger partial charge in [0, 0.05) is 30.8 Å². The van der Waals surface area contributed by atoms with E-state index in [1.165, 1.54) is 67.8 Å². The Morgan fingerprint density at radius 2 is 1.57 bits per heavy atom. The van der Waals surface area contributed by atoms with Crippen molar-refractivity contribution in [2.45, 2.75) is 25.3 Å². The monoisotopic (exact) mass is 681 g/mol. The molecule has 1 atom stereocenters. The Morgan fingerprint density at radius 1 is 0.878 bits per heavy atom. The summed E-state index contributed by atoms with van der Waals surface area (Å²) >= 11 is 0. The molecule has 49 heavy (non-hydrogen) atoms. The number of carboxylic acids is 2. The second kappa shape index (κ2) is 17.6. The van der Waals surface area contributed by atoms with Crippen molar-refractivity contribution in [2.75, 3.05) is 39.4 Å². The fourth-order valence-electron chi connectivity index (χ4n) is 4.60. The number of aliphatic carboxylic acids is 1. The Bertz CT molecular complexity index is 1690. The number of carbonyl (C=O) groups is 6. The molecule has 0 saturated carbocycles. The molecule has 0 heterocycles. The minimum Gasteiger partial charge on any atom is -0.507 e. The zero-order valence-electron chi connectivity index (χ0n) is 26.8. The number of aromatic carboxylic acids is 1. The number of methoxy groups -OCH3 is 3. The fourth-order valence-corrected chi connectivity index (χ4v) is 4.60. The Labute approximate surface area is 280 Å². The van der Waals surface area contributed by atoms with Gasteiger partial charge in [-0.1, -0.05) is 24.3 Å². The van der Waals surface area contributed by atoms with Gasteiger partial charge < -0.3 is 44.9 Å². The quantitative estimate of drug-likeness (QED) is 0.0884. The summed E-state index contributed by atoms with van der Waals surface area (Å²) < 4.78 is 20.1. The van der Waals surface area contributed by atoms with Crippen molar-refractivity contribution in [1.82, 2.24) is 10.6 Å². The van der Waals surface area contributed by atoms with E-state index in [0.717, 1.165) is 19.1 Å². The van der Waals surface area contributed by atoms with Crippen LogP contribution in [-0.2, 0) is 30.3 Å². The van der Waals surface area contributed by atoms with Crippen LogP contribution in [0.5, 0.6) is 17.2 Å². The molecular formula is C33H35N3O13. The van der Waals surface area contributed by atoms with Gasteiger partial charge in [0.05, 0.1) is 39.2 Å². The molecule has 0 spiro atoms. The molecule has 3 aromatic rings. The third-order valence-corrected chi connectivity index (χ3v) is 7.00. The lowest BCUT2D eigenvalue weighted by atomic mass is 10.0. The van der Waals surface area contributed by atoms with Crippen molar-refractivity contribution in [2.24, 2.45) is 0 Å². The molecule has 3 aromatic carbocycles. The highest BCUT2D eigenvalue weighted by atomic mass is 16.5. The molecule has 0 aromatic heterocycles. The van der Waals surface area contributed by atoms with Gasteiger partial charge in [-0.3, -0.25) is 14.5 Å². The van der Waals surface area contributed by atoms with E-state index in [4.69, 9.17) is 14.2 Å². The number of anilines is 2. The molecule has 0 bridgehead atoms. The Balaban J connectivity index is 1.67. The first-order chi connectivity index (χ1) is 23.4. The maximum atomic E-state index is 13.1. The number of hydrogen-bond donors (Lipinski definition) is 5. The number of nitrogens with one attached hydrogen (secondary N) is 2. The minimum atomic E-state index is -1.81. The van der Waals surface area contributed by atoms with Crippen LogP contribution in [0.3, 0.4) is 0 Å². The summed E-state index contributed by atoms with van der Waals surface area (Å²) in [4.78, 5) is 73.9. The summed E-state index contributed by atoms with van der Waals surface area (Å²) in [5.74, 6) is -5.95. The average molecular weight is 682 g/mol. The number of ether oxygens (including phenoxy) is 4. The first-order valence-corrected chi connectivity index (χ1v) is 14.6. The standard InChI is InChI=1S/C33H35N3O13/c1-46-21-17-25(37)27(32(44)47-2)26(18-21)49-15-7-6-14-34-28(38)23(35-33(45)48-3)16-19-10-12-20(13-11-19)36(29(39)31(42)43)24-9-5-4-8-22(24)30(40)41/h4-5,8-13,17-18,23,37H,6-7,14-16H2,1-3H3,(H,34,38)(H,35,45)(H,40,41)(H,42,43)/t23-/m0/s1. The molecule has 3 rings (SSSR count). The predicted octanol–water partition coefficient (Wildman–Crippen LogP) is 2.88. The number of esters is 1. The van der Waals surface area contributed by atoms with Gasteiger partial charge in [0.15, 0.2) is 0 Å². The smallest absolute Gasteiger partial charge is 0.407 e. The maximum Gasteiger partial charge on any atom is 0.407 e. The fraction of sp³-hybridized carbons (Fsp3) is 0.273. The zero-order chi connectivity index (χ0) is 36.1. The van der Waals surface area contributed by atoms with Gasteiger partial charge in [0.2, 0.25) is 5.91 Å². The van der Waals surface area contributed by atoms with E-state index in [1.54, 1.807) is 0 Å². The van der Waals surface area contributed by atoms with E-state index in [1.807, 2.05) is 0 Å². The molecule has 3 amide bonds. The molecule has 16 heteroatoms. The number of amides is 3. The summed E-state index contributed by atoms with van der Waals surface area (Å²) in [5, 5.41) is 34.4. The van der Waals surface area contributed by atoms with Gasteiger partial charge in [-0.15, -0.1) is 0 Å². The molecule has 0 fully saturated rings. The second-order valence-electron chi connectivity index (χ2n) is 10.2. The van der Waals surface area contributed by atoms with Gasteiger partial charge in [0.25, 0.3) is 0 Å². The number of phenols is 1. The number of carbonyl (C=O) groups excluding carboxylic acids is 4. The normalized spacial score (nSPS) is 11.0. The van der Waals surface area contributed by atoms with Crippen LogP contribution in [0.25, 0.3) is 0 Å². The molecule has 0 radical (unpaired) electrons. The van der Waals surface area contributed by atoms with Crippen molar-refractivity contribution in [3.63, 3.8) is 0 Å². The Kier molecular flexibility index (Phi) is 13.3. The SMILES string of the molecule is COC(=O)N[C@@H](Cc1ccc(N(C(=O)C(=O)O)c2ccccc2C(=O)O)cc1)C(=O)NCCCCOc1cc(OC)cc(O)c1C(=O)OC. The summed E-state index contributed by atoms with van der Waals surface area (Å²) in [5.41, 5.74) is -0.0524. The predicted molar refractivity (Wildman–Crippen MR) is 171 cm³/mol. The van der Waals surface area contributed by atoms with E-state index < -0.39 is 41.9 Å². The summed E-state index contributed by atoms with van der Waals surface area (Å²) in [6, 6.07) is 12.8. The molecular weight excluding hydrogens is 646 g/mol. The van der Waals surface area contributed by atoms with Gasteiger partial charge in [0.1, 0.15) is 28.9 Å². The number of carboxylic acid groups (broad SMARTS) is 2. The van der Waals surface area contributed by atoms with Gasteiger partial charge in [-0.25, -0.2) is 19.2 Å². The van der Waals surface area contributed by atoms with Crippen LogP contribution in [0, 0.1) is 0 Å². The summed E-state index contributed by atoms with van der Waals surface area (Å²) in [7, 11) is 3.69. The average Bonchev–Trinajstić information content (AvgIpc) is 3.09. The second-order valence-corrected chi connectivity index (χ2v) is 10.2. The molecule has 0 aliphatic rings.